The molecule has 1 heterocycles. The summed E-state index contributed by atoms with van der Waals surface area (Å²) in [6.07, 6.45) is 1.12. The Kier molecular flexibility index (Phi) is 4.65. The number of carbonyl (C=O) groups is 2. The molecule has 1 aromatic rings. The molecule has 8 nitrogen and oxygen atoms in total. The number of phenols is 1. The summed E-state index contributed by atoms with van der Waals surface area (Å²) in [5, 5.41) is 20.6. The van der Waals surface area contributed by atoms with Crippen LogP contribution >= 0.6 is 15.9 Å². The summed E-state index contributed by atoms with van der Waals surface area (Å²) < 4.78 is 10.6. The summed E-state index contributed by atoms with van der Waals surface area (Å²) in [5.41, 5.74) is -1.46. The Hall–Kier alpha value is -2.42. The molecule has 0 radical (unpaired) electrons. The second-order valence-corrected chi connectivity index (χ2v) is 7.51. The maximum atomic E-state index is 12.3. The van der Waals surface area contributed by atoms with Crippen LogP contribution < -0.4 is 0 Å². The van der Waals surface area contributed by atoms with Gasteiger partial charge in [-0.15, -0.1) is 0 Å². The van der Waals surface area contributed by atoms with Crippen LogP contribution in [0.2, 0.25) is 0 Å². The number of hydrogen-bond acceptors (Lipinski definition) is 7. The summed E-state index contributed by atoms with van der Waals surface area (Å²) >= 11 is 2.99. The fourth-order valence-electron chi connectivity index (χ4n) is 1.99. The zero-order valence-corrected chi connectivity index (χ0v) is 15.5. The van der Waals surface area contributed by atoms with Crippen LogP contribution in [0.1, 0.15) is 33.3 Å². The first-order chi connectivity index (χ1) is 11.4. The Morgan fingerprint density at radius 1 is 1.24 bits per heavy atom. The molecule has 9 heteroatoms. The number of phenolic OH excluding ortho intramolecular Hbond substituents is 1. The number of carbonyl (C=O) groups excluding carboxylic acids is 2. The number of nitro groups is 1. The number of rotatable bonds is 2. The summed E-state index contributed by atoms with van der Waals surface area (Å²) in [6, 6.07) is 2.36. The molecule has 0 amide bonds. The molecular formula is C16H16BrNO7. The fraction of sp³-hybridized carbons (Fsp3) is 0.375. The van der Waals surface area contributed by atoms with Crippen molar-refractivity contribution >= 4 is 39.6 Å². The van der Waals surface area contributed by atoms with Gasteiger partial charge in [0, 0.05) is 18.4 Å². The van der Waals surface area contributed by atoms with Crippen molar-refractivity contribution < 1.29 is 29.1 Å². The molecule has 0 atom stereocenters. The highest BCUT2D eigenvalue weighted by Crippen LogP contribution is 2.40. The maximum absolute atomic E-state index is 12.3. The Bertz CT molecular complexity index is 787. The normalized spacial score (nSPS) is 20.8. The zero-order chi connectivity index (χ0) is 19.2. The van der Waals surface area contributed by atoms with Crippen LogP contribution in [0.25, 0.3) is 6.08 Å². The molecule has 1 saturated heterocycles. The molecule has 2 rings (SSSR count). The topological polar surface area (TPSA) is 116 Å². The number of hydrogen-bond donors (Lipinski definition) is 1. The minimum atomic E-state index is -1.43. The lowest BCUT2D eigenvalue weighted by atomic mass is 9.85. The van der Waals surface area contributed by atoms with Crippen LogP contribution in [0.3, 0.4) is 0 Å². The number of esters is 2. The highest BCUT2D eigenvalue weighted by Gasteiger charge is 2.50. The van der Waals surface area contributed by atoms with Gasteiger partial charge in [0.15, 0.2) is 0 Å². The number of cyclic esters (lactones) is 2. The van der Waals surface area contributed by atoms with E-state index in [4.69, 9.17) is 9.47 Å². The van der Waals surface area contributed by atoms with Crippen LogP contribution in [0.15, 0.2) is 22.2 Å². The average Bonchev–Trinajstić information content (AvgIpc) is 2.44. The van der Waals surface area contributed by atoms with Crippen molar-refractivity contribution in [3.05, 3.63) is 37.9 Å². The second kappa shape index (κ2) is 6.14. The Morgan fingerprint density at radius 2 is 1.76 bits per heavy atom. The van der Waals surface area contributed by atoms with Gasteiger partial charge in [-0.1, -0.05) is 20.8 Å². The molecule has 0 spiro atoms. The zero-order valence-electron chi connectivity index (χ0n) is 14.0. The van der Waals surface area contributed by atoms with Gasteiger partial charge in [0.05, 0.1) is 9.40 Å². The quantitative estimate of drug-likeness (QED) is 0.260. The number of nitro benzene ring substituents is 1. The monoisotopic (exact) mass is 413 g/mol. The van der Waals surface area contributed by atoms with E-state index < -0.39 is 45.1 Å². The van der Waals surface area contributed by atoms with E-state index in [1.165, 1.54) is 13.0 Å². The van der Waals surface area contributed by atoms with Gasteiger partial charge >= 0.3 is 17.6 Å². The number of ether oxygens (including phenoxy) is 2. The first kappa shape index (κ1) is 18.9. The van der Waals surface area contributed by atoms with Gasteiger partial charge in [-0.2, -0.15) is 0 Å². The molecule has 1 N–H and O–H groups in total. The summed E-state index contributed by atoms with van der Waals surface area (Å²) in [4.78, 5) is 34.7. The van der Waals surface area contributed by atoms with Crippen molar-refractivity contribution in [3.8, 4) is 5.75 Å². The molecule has 1 aliphatic rings. The molecule has 0 aliphatic carbocycles. The predicted molar refractivity (Wildman–Crippen MR) is 90.5 cm³/mol. The first-order valence-corrected chi connectivity index (χ1v) is 8.00. The van der Waals surface area contributed by atoms with Crippen LogP contribution in [0.4, 0.5) is 5.69 Å². The van der Waals surface area contributed by atoms with E-state index >= 15 is 0 Å². The van der Waals surface area contributed by atoms with Crippen LogP contribution in [-0.2, 0) is 19.1 Å². The van der Waals surface area contributed by atoms with Crippen LogP contribution in [0.5, 0.6) is 5.75 Å². The molecule has 0 saturated carbocycles. The van der Waals surface area contributed by atoms with E-state index in [2.05, 4.69) is 15.9 Å². The summed E-state index contributed by atoms with van der Waals surface area (Å²) in [6.45, 7) is 6.75. The van der Waals surface area contributed by atoms with E-state index in [1.54, 1.807) is 20.8 Å². The Morgan fingerprint density at radius 3 is 2.20 bits per heavy atom. The van der Waals surface area contributed by atoms with Crippen molar-refractivity contribution in [2.75, 3.05) is 0 Å². The van der Waals surface area contributed by atoms with E-state index in [0.29, 0.717) is 0 Å². The van der Waals surface area contributed by atoms with Gasteiger partial charge < -0.3 is 14.6 Å². The van der Waals surface area contributed by atoms with Crippen molar-refractivity contribution in [3.63, 3.8) is 0 Å². The van der Waals surface area contributed by atoms with E-state index in [0.717, 1.165) is 12.1 Å². The average molecular weight is 414 g/mol. The van der Waals surface area contributed by atoms with Crippen molar-refractivity contribution in [2.24, 2.45) is 5.41 Å². The maximum Gasteiger partial charge on any atom is 0.348 e. The SMILES string of the molecule is CC(C)(C)C1(C)OC(=O)C(=Cc2cc(Br)c(O)c([N+](=O)[O-])c2)C(=O)O1. The van der Waals surface area contributed by atoms with Gasteiger partial charge in [-0.3, -0.25) is 10.1 Å². The Balaban J connectivity index is 2.45. The number of aromatic hydroxyl groups is 1. The largest absolute Gasteiger partial charge is 0.501 e. The highest BCUT2D eigenvalue weighted by atomic mass is 79.9. The second-order valence-electron chi connectivity index (χ2n) is 6.66. The minimum Gasteiger partial charge on any atom is -0.501 e. The third kappa shape index (κ3) is 3.51. The molecule has 1 aliphatic heterocycles. The third-order valence-corrected chi connectivity index (χ3v) is 4.55. The summed E-state index contributed by atoms with van der Waals surface area (Å²) in [7, 11) is 0. The van der Waals surface area contributed by atoms with Gasteiger partial charge in [-0.05, 0) is 33.6 Å². The molecule has 1 aromatic carbocycles. The molecule has 134 valence electrons. The molecule has 0 unspecified atom stereocenters. The van der Waals surface area contributed by atoms with Gasteiger partial charge in [0.2, 0.25) is 5.75 Å². The molecule has 1 fully saturated rings. The molecule has 0 aromatic heterocycles. The van der Waals surface area contributed by atoms with E-state index in [1.807, 2.05) is 0 Å². The number of nitrogens with zero attached hydrogens (tertiary/aromatic N) is 1. The molecule has 25 heavy (non-hydrogen) atoms. The van der Waals surface area contributed by atoms with Crippen LogP contribution in [-0.4, -0.2) is 27.8 Å². The smallest absolute Gasteiger partial charge is 0.348 e. The standard InChI is InChI=1S/C16H16BrNO7/c1-15(2,3)16(4)24-13(20)9(14(21)25-16)5-8-6-10(17)12(19)11(7-8)18(22)23/h5-7,19H,1-4H3. The summed E-state index contributed by atoms with van der Waals surface area (Å²) in [5.74, 6) is -3.76. The van der Waals surface area contributed by atoms with Gasteiger partial charge in [0.25, 0.3) is 5.79 Å². The highest BCUT2D eigenvalue weighted by molar-refractivity contribution is 9.10. The van der Waals surface area contributed by atoms with Crippen molar-refractivity contribution in [1.29, 1.82) is 0 Å². The van der Waals surface area contributed by atoms with Gasteiger partial charge in [0.1, 0.15) is 5.57 Å². The van der Waals surface area contributed by atoms with Crippen molar-refractivity contribution in [1.82, 2.24) is 0 Å². The van der Waals surface area contributed by atoms with Crippen LogP contribution in [0, 0.1) is 15.5 Å². The molecule has 0 bridgehead atoms. The molecular weight excluding hydrogens is 398 g/mol. The van der Waals surface area contributed by atoms with Gasteiger partial charge in [-0.25, -0.2) is 9.59 Å². The number of halogens is 1. The predicted octanol–water partition coefficient (Wildman–Crippen LogP) is 3.31. The minimum absolute atomic E-state index is 0.0469. The first-order valence-electron chi connectivity index (χ1n) is 7.21. The Labute approximate surface area is 151 Å². The lowest BCUT2D eigenvalue weighted by molar-refractivity contribution is -0.386. The van der Waals surface area contributed by atoms with E-state index in [-0.39, 0.29) is 10.0 Å². The fourth-order valence-corrected chi connectivity index (χ4v) is 2.45. The van der Waals surface area contributed by atoms with Crippen molar-refractivity contribution in [2.45, 2.75) is 33.5 Å². The lowest BCUT2D eigenvalue weighted by Crippen LogP contribution is -2.52. The number of benzene rings is 1. The van der Waals surface area contributed by atoms with E-state index in [9.17, 15) is 24.8 Å². The lowest BCUT2D eigenvalue weighted by Gasteiger charge is -2.42. The third-order valence-electron chi connectivity index (χ3n) is 3.95.